The van der Waals surface area contributed by atoms with Crippen molar-refractivity contribution in [3.8, 4) is 0 Å². The molecule has 0 aliphatic carbocycles. The van der Waals surface area contributed by atoms with E-state index in [4.69, 9.17) is 5.11 Å². The van der Waals surface area contributed by atoms with Crippen LogP contribution in [0.1, 0.15) is 15.9 Å². The summed E-state index contributed by atoms with van der Waals surface area (Å²) in [6, 6.07) is 4.28. The molecule has 0 bridgehead atoms. The second kappa shape index (κ2) is 4.14. The Bertz CT molecular complexity index is 480. The Labute approximate surface area is 97.6 Å². The van der Waals surface area contributed by atoms with Gasteiger partial charge < -0.3 is 10.0 Å². The highest BCUT2D eigenvalue weighted by Gasteiger charge is 2.29. The molecule has 0 radical (unpaired) electrons. The highest BCUT2D eigenvalue weighted by molar-refractivity contribution is 5.95. The van der Waals surface area contributed by atoms with Crippen LogP contribution in [0.4, 0.5) is 5.69 Å². The SMILES string of the molecule is Cc1cc(C(=O)N2CC(O)C2)ccc1[N+](=O)[O-]. The molecule has 90 valence electrons. The summed E-state index contributed by atoms with van der Waals surface area (Å²) in [4.78, 5) is 23.5. The van der Waals surface area contributed by atoms with Crippen molar-refractivity contribution < 1.29 is 14.8 Å². The van der Waals surface area contributed by atoms with E-state index in [1.54, 1.807) is 6.92 Å². The Morgan fingerprint density at radius 3 is 2.65 bits per heavy atom. The first-order valence-electron chi connectivity index (χ1n) is 5.21. The van der Waals surface area contributed by atoms with Crippen molar-refractivity contribution in [2.75, 3.05) is 13.1 Å². The molecule has 1 aliphatic heterocycles. The van der Waals surface area contributed by atoms with Gasteiger partial charge in [-0.2, -0.15) is 0 Å². The standard InChI is InChI=1S/C11H12N2O4/c1-7-4-8(2-3-10(7)13(16)17)11(15)12-5-9(14)6-12/h2-4,9,14H,5-6H2,1H3. The lowest BCUT2D eigenvalue weighted by atomic mass is 10.1. The van der Waals surface area contributed by atoms with E-state index in [0.717, 1.165) is 0 Å². The maximum atomic E-state index is 11.9. The number of aliphatic hydroxyl groups is 1. The number of β-amino-alcohol motifs (C(OH)–C–C–N with tert-alkyl or cyclic N) is 1. The van der Waals surface area contributed by atoms with E-state index >= 15 is 0 Å². The number of hydrogen-bond acceptors (Lipinski definition) is 4. The molecule has 17 heavy (non-hydrogen) atoms. The van der Waals surface area contributed by atoms with Gasteiger partial charge in [-0.1, -0.05) is 0 Å². The fourth-order valence-electron chi connectivity index (χ4n) is 1.80. The molecule has 6 heteroatoms. The maximum absolute atomic E-state index is 11.9. The summed E-state index contributed by atoms with van der Waals surface area (Å²) in [5.74, 6) is -0.201. The highest BCUT2D eigenvalue weighted by atomic mass is 16.6. The van der Waals surface area contributed by atoms with Crippen molar-refractivity contribution in [3.63, 3.8) is 0 Å². The van der Waals surface area contributed by atoms with E-state index in [1.165, 1.54) is 23.1 Å². The summed E-state index contributed by atoms with van der Waals surface area (Å²) in [5.41, 5.74) is 0.882. The molecule has 1 amide bonds. The molecule has 0 saturated carbocycles. The normalized spacial score (nSPS) is 15.5. The molecular weight excluding hydrogens is 224 g/mol. The van der Waals surface area contributed by atoms with E-state index in [0.29, 0.717) is 24.2 Å². The Balaban J connectivity index is 2.20. The molecule has 1 saturated heterocycles. The lowest BCUT2D eigenvalue weighted by molar-refractivity contribution is -0.385. The fourth-order valence-corrected chi connectivity index (χ4v) is 1.80. The molecular formula is C11H12N2O4. The average molecular weight is 236 g/mol. The summed E-state index contributed by atoms with van der Waals surface area (Å²) in [6.45, 7) is 2.25. The number of carbonyl (C=O) groups is 1. The predicted octanol–water partition coefficient (Wildman–Crippen LogP) is 0.720. The van der Waals surface area contributed by atoms with E-state index < -0.39 is 11.0 Å². The zero-order valence-corrected chi connectivity index (χ0v) is 9.29. The summed E-state index contributed by atoms with van der Waals surface area (Å²) in [5, 5.41) is 19.7. The van der Waals surface area contributed by atoms with Gasteiger partial charge in [-0.25, -0.2) is 0 Å². The van der Waals surface area contributed by atoms with Gasteiger partial charge >= 0.3 is 0 Å². The number of nitro benzene ring substituents is 1. The number of amides is 1. The summed E-state index contributed by atoms with van der Waals surface area (Å²) >= 11 is 0. The molecule has 0 unspecified atom stereocenters. The first kappa shape index (κ1) is 11.5. The number of rotatable bonds is 2. The van der Waals surface area contributed by atoms with E-state index in [2.05, 4.69) is 0 Å². The van der Waals surface area contributed by atoms with E-state index in [1.807, 2.05) is 0 Å². The molecule has 0 atom stereocenters. The van der Waals surface area contributed by atoms with Crippen LogP contribution in [0.15, 0.2) is 18.2 Å². The third kappa shape index (κ3) is 2.12. The lowest BCUT2D eigenvalue weighted by Gasteiger charge is -2.35. The van der Waals surface area contributed by atoms with Crippen molar-refractivity contribution in [1.82, 2.24) is 4.90 Å². The maximum Gasteiger partial charge on any atom is 0.272 e. The Kier molecular flexibility index (Phi) is 2.81. The Morgan fingerprint density at radius 2 is 2.18 bits per heavy atom. The number of nitrogens with zero attached hydrogens (tertiary/aromatic N) is 2. The number of aliphatic hydroxyl groups excluding tert-OH is 1. The highest BCUT2D eigenvalue weighted by Crippen LogP contribution is 2.21. The molecule has 1 aromatic carbocycles. The minimum atomic E-state index is -0.475. The molecule has 0 spiro atoms. The minimum Gasteiger partial charge on any atom is -0.389 e. The topological polar surface area (TPSA) is 83.7 Å². The number of aryl methyl sites for hydroxylation is 1. The van der Waals surface area contributed by atoms with Gasteiger partial charge in [0.2, 0.25) is 0 Å². The van der Waals surface area contributed by atoms with Gasteiger partial charge in [0.05, 0.1) is 11.0 Å². The third-order valence-electron chi connectivity index (χ3n) is 2.79. The molecule has 0 aromatic heterocycles. The molecule has 6 nitrogen and oxygen atoms in total. The van der Waals surface area contributed by atoms with Crippen LogP contribution < -0.4 is 0 Å². The average Bonchev–Trinajstić information content (AvgIpc) is 2.23. The van der Waals surface area contributed by atoms with E-state index in [9.17, 15) is 14.9 Å². The van der Waals surface area contributed by atoms with Crippen molar-refractivity contribution in [3.05, 3.63) is 39.4 Å². The zero-order valence-electron chi connectivity index (χ0n) is 9.29. The molecule has 1 N–H and O–H groups in total. The van der Waals surface area contributed by atoms with Crippen LogP contribution in [0, 0.1) is 17.0 Å². The van der Waals surface area contributed by atoms with Gasteiger partial charge in [-0.3, -0.25) is 14.9 Å². The van der Waals surface area contributed by atoms with Crippen LogP contribution in [-0.2, 0) is 0 Å². The molecule has 1 heterocycles. The van der Waals surface area contributed by atoms with Gasteiger partial charge in [0.25, 0.3) is 11.6 Å². The number of benzene rings is 1. The van der Waals surface area contributed by atoms with Gasteiger partial charge in [0.15, 0.2) is 0 Å². The summed E-state index contributed by atoms with van der Waals surface area (Å²) in [7, 11) is 0. The fraction of sp³-hybridized carbons (Fsp3) is 0.364. The van der Waals surface area contributed by atoms with Crippen molar-refractivity contribution in [2.45, 2.75) is 13.0 Å². The Hall–Kier alpha value is -1.95. The van der Waals surface area contributed by atoms with Crippen LogP contribution in [0.2, 0.25) is 0 Å². The van der Waals surface area contributed by atoms with Crippen LogP contribution >= 0.6 is 0 Å². The zero-order chi connectivity index (χ0) is 12.6. The van der Waals surface area contributed by atoms with Crippen molar-refractivity contribution in [1.29, 1.82) is 0 Å². The van der Waals surface area contributed by atoms with Crippen molar-refractivity contribution in [2.24, 2.45) is 0 Å². The number of carbonyl (C=O) groups excluding carboxylic acids is 1. The van der Waals surface area contributed by atoms with Crippen LogP contribution in [0.5, 0.6) is 0 Å². The van der Waals surface area contributed by atoms with Crippen molar-refractivity contribution >= 4 is 11.6 Å². The van der Waals surface area contributed by atoms with E-state index in [-0.39, 0.29) is 11.6 Å². The van der Waals surface area contributed by atoms with Crippen LogP contribution in [0.3, 0.4) is 0 Å². The molecule has 1 aromatic rings. The smallest absolute Gasteiger partial charge is 0.272 e. The second-order valence-corrected chi connectivity index (χ2v) is 4.12. The minimum absolute atomic E-state index is 0.00481. The van der Waals surface area contributed by atoms with Crippen LogP contribution in [0.25, 0.3) is 0 Å². The quantitative estimate of drug-likeness (QED) is 0.605. The number of likely N-dealkylation sites (tertiary alicyclic amines) is 1. The first-order valence-corrected chi connectivity index (χ1v) is 5.21. The predicted molar refractivity (Wildman–Crippen MR) is 59.7 cm³/mol. The largest absolute Gasteiger partial charge is 0.389 e. The van der Waals surface area contributed by atoms with Gasteiger partial charge in [0.1, 0.15) is 0 Å². The third-order valence-corrected chi connectivity index (χ3v) is 2.79. The van der Waals surface area contributed by atoms with Gasteiger partial charge in [0, 0.05) is 30.3 Å². The van der Waals surface area contributed by atoms with Crippen LogP contribution in [-0.4, -0.2) is 40.0 Å². The summed E-state index contributed by atoms with van der Waals surface area (Å²) in [6.07, 6.45) is -0.446. The summed E-state index contributed by atoms with van der Waals surface area (Å²) < 4.78 is 0. The van der Waals surface area contributed by atoms with Gasteiger partial charge in [-0.15, -0.1) is 0 Å². The second-order valence-electron chi connectivity index (χ2n) is 4.12. The first-order chi connectivity index (χ1) is 7.99. The lowest BCUT2D eigenvalue weighted by Crippen LogP contribution is -2.53. The molecule has 2 rings (SSSR count). The molecule has 1 aliphatic rings. The Morgan fingerprint density at radius 1 is 1.53 bits per heavy atom. The number of nitro groups is 1. The molecule has 1 fully saturated rings. The number of hydrogen-bond donors (Lipinski definition) is 1. The monoisotopic (exact) mass is 236 g/mol. The van der Waals surface area contributed by atoms with Gasteiger partial charge in [-0.05, 0) is 19.1 Å².